The highest BCUT2D eigenvalue weighted by atomic mass is 35.5. The fourth-order valence-corrected chi connectivity index (χ4v) is 6.21. The summed E-state index contributed by atoms with van der Waals surface area (Å²) in [6.07, 6.45) is 0. The summed E-state index contributed by atoms with van der Waals surface area (Å²) in [5.74, 6) is -0.0897. The van der Waals surface area contributed by atoms with Gasteiger partial charge in [0.2, 0.25) is 5.91 Å². The molecule has 0 spiro atoms. The minimum Gasteiger partial charge on any atom is -0.378 e. The number of fused-ring (bicyclic) bond motifs is 1. The van der Waals surface area contributed by atoms with Crippen molar-refractivity contribution in [3.05, 3.63) is 76.2 Å². The maximum atomic E-state index is 12.6. The van der Waals surface area contributed by atoms with E-state index in [0.29, 0.717) is 5.17 Å². The molecule has 3 aliphatic rings. The van der Waals surface area contributed by atoms with E-state index in [1.165, 1.54) is 17.3 Å². The Morgan fingerprint density at radius 2 is 1.76 bits per heavy atom. The normalized spacial score (nSPS) is 25.5. The molecule has 0 radical (unpaired) electrons. The third-order valence-corrected chi connectivity index (χ3v) is 7.84. The number of halogens is 1. The van der Waals surface area contributed by atoms with Crippen molar-refractivity contribution in [3.8, 4) is 0 Å². The van der Waals surface area contributed by atoms with Gasteiger partial charge in [-0.3, -0.25) is 9.69 Å². The van der Waals surface area contributed by atoms with E-state index in [9.17, 15) is 4.79 Å². The largest absolute Gasteiger partial charge is 0.378 e. The van der Waals surface area contributed by atoms with Crippen molar-refractivity contribution in [1.82, 2.24) is 9.91 Å². The van der Waals surface area contributed by atoms with E-state index in [-0.39, 0.29) is 17.3 Å². The minimum atomic E-state index is -0.547. The van der Waals surface area contributed by atoms with Gasteiger partial charge in [0.15, 0.2) is 5.17 Å². The molecular formula is C21H19ClN4OS2. The molecule has 2 aromatic rings. The molecule has 0 N–H and O–H groups in total. The van der Waals surface area contributed by atoms with Gasteiger partial charge < -0.3 is 4.90 Å². The summed E-state index contributed by atoms with van der Waals surface area (Å²) in [7, 11) is 4.06. The number of hydrogen-bond donors (Lipinski definition) is 0. The molecule has 3 heterocycles. The van der Waals surface area contributed by atoms with Crippen LogP contribution in [-0.2, 0) is 4.79 Å². The van der Waals surface area contributed by atoms with E-state index in [2.05, 4.69) is 34.6 Å². The maximum absolute atomic E-state index is 12.6. The van der Waals surface area contributed by atoms with Gasteiger partial charge >= 0.3 is 0 Å². The molecule has 1 saturated heterocycles. The highest BCUT2D eigenvalue weighted by molar-refractivity contribution is 8.18. The fraction of sp³-hybridized carbons (Fsp3) is 0.238. The van der Waals surface area contributed by atoms with Gasteiger partial charge in [-0.2, -0.15) is 0 Å². The van der Waals surface area contributed by atoms with Gasteiger partial charge in [0, 0.05) is 25.2 Å². The van der Waals surface area contributed by atoms with Crippen LogP contribution < -0.4 is 4.90 Å². The lowest BCUT2D eigenvalue weighted by atomic mass is 9.94. The topological polar surface area (TPSA) is 39.1 Å². The first kappa shape index (κ1) is 18.9. The van der Waals surface area contributed by atoms with Crippen LogP contribution in [0.3, 0.4) is 0 Å². The number of thioether (sulfide) groups is 2. The van der Waals surface area contributed by atoms with Crippen LogP contribution in [0, 0.1) is 0 Å². The van der Waals surface area contributed by atoms with Crippen LogP contribution in [0.25, 0.3) is 0 Å². The van der Waals surface area contributed by atoms with Crippen molar-refractivity contribution in [1.29, 1.82) is 0 Å². The van der Waals surface area contributed by atoms with Crippen molar-refractivity contribution >= 4 is 51.9 Å². The molecule has 1 fully saturated rings. The van der Waals surface area contributed by atoms with Crippen molar-refractivity contribution in [2.45, 2.75) is 16.8 Å². The second-order valence-electron chi connectivity index (χ2n) is 7.23. The first-order valence-corrected chi connectivity index (χ1v) is 11.4. The molecule has 0 bridgehead atoms. The number of nitrogens with zero attached hydrogens (tertiary/aromatic N) is 4. The molecule has 1 amide bonds. The standard InChI is InChI=1S/C21H19ClN4OS2/c1-24(2)15-10-8-14(9-11-15)20-26-16(12-28-20)29-21(23-26)25-18(17(22)19(25)27)13-6-4-3-5-7-13/h3-12,17-18,20H,1-2H3. The van der Waals surface area contributed by atoms with Crippen LogP contribution in [0.2, 0.25) is 0 Å². The van der Waals surface area contributed by atoms with Gasteiger partial charge in [-0.1, -0.05) is 54.2 Å². The molecule has 2 aromatic carbocycles. The van der Waals surface area contributed by atoms with Crippen molar-refractivity contribution in [3.63, 3.8) is 0 Å². The molecule has 0 saturated carbocycles. The lowest BCUT2D eigenvalue weighted by Gasteiger charge is -2.43. The van der Waals surface area contributed by atoms with Gasteiger partial charge in [-0.05, 0) is 35.0 Å². The van der Waals surface area contributed by atoms with Gasteiger partial charge in [0.25, 0.3) is 0 Å². The number of β-lactam (4-membered cyclic amide) rings is 1. The van der Waals surface area contributed by atoms with Crippen LogP contribution in [0.5, 0.6) is 0 Å². The van der Waals surface area contributed by atoms with Gasteiger partial charge in [0.05, 0.1) is 6.04 Å². The molecular weight excluding hydrogens is 424 g/mol. The monoisotopic (exact) mass is 442 g/mol. The van der Waals surface area contributed by atoms with Crippen LogP contribution in [0.1, 0.15) is 22.5 Å². The zero-order valence-electron chi connectivity index (χ0n) is 15.9. The molecule has 3 atom stereocenters. The first-order chi connectivity index (χ1) is 14.0. The molecule has 148 valence electrons. The minimum absolute atomic E-state index is 0.0737. The zero-order valence-corrected chi connectivity index (χ0v) is 18.3. The number of rotatable bonds is 3. The van der Waals surface area contributed by atoms with E-state index >= 15 is 0 Å². The first-order valence-electron chi connectivity index (χ1n) is 9.25. The number of carbonyl (C=O) groups is 1. The molecule has 3 unspecified atom stereocenters. The molecule has 5 nitrogen and oxygen atoms in total. The summed E-state index contributed by atoms with van der Waals surface area (Å²) >= 11 is 9.63. The Hall–Kier alpha value is -2.09. The molecule has 5 rings (SSSR count). The summed E-state index contributed by atoms with van der Waals surface area (Å²) < 4.78 is 0. The van der Waals surface area contributed by atoms with E-state index in [1.54, 1.807) is 16.7 Å². The number of benzene rings is 2. The van der Waals surface area contributed by atoms with E-state index < -0.39 is 5.38 Å². The molecule has 0 aliphatic carbocycles. The summed E-state index contributed by atoms with van der Waals surface area (Å²) in [6.45, 7) is 0. The highest BCUT2D eigenvalue weighted by Crippen LogP contribution is 2.52. The predicted molar refractivity (Wildman–Crippen MR) is 122 cm³/mol. The van der Waals surface area contributed by atoms with Gasteiger partial charge in [0.1, 0.15) is 15.8 Å². The number of likely N-dealkylation sites (tertiary alicyclic amines) is 1. The Morgan fingerprint density at radius 3 is 2.45 bits per heavy atom. The lowest BCUT2D eigenvalue weighted by molar-refractivity contribution is -0.138. The number of anilines is 1. The Morgan fingerprint density at radius 1 is 1.03 bits per heavy atom. The second kappa shape index (κ2) is 7.31. The van der Waals surface area contributed by atoms with E-state index in [0.717, 1.165) is 16.3 Å². The van der Waals surface area contributed by atoms with Crippen molar-refractivity contribution in [2.24, 2.45) is 5.10 Å². The third-order valence-electron chi connectivity index (χ3n) is 5.21. The van der Waals surface area contributed by atoms with Crippen LogP contribution in [0.4, 0.5) is 5.69 Å². The Labute approximate surface area is 183 Å². The summed E-state index contributed by atoms with van der Waals surface area (Å²) in [4.78, 5) is 16.4. The van der Waals surface area contributed by atoms with Gasteiger partial charge in [-0.15, -0.1) is 16.7 Å². The number of amides is 1. The molecule has 29 heavy (non-hydrogen) atoms. The zero-order chi connectivity index (χ0) is 20.1. The van der Waals surface area contributed by atoms with E-state index in [1.807, 2.05) is 49.4 Å². The quantitative estimate of drug-likeness (QED) is 0.504. The number of alkyl halides is 1. The predicted octanol–water partition coefficient (Wildman–Crippen LogP) is 4.81. The number of hydrogen-bond acceptors (Lipinski definition) is 6. The highest BCUT2D eigenvalue weighted by Gasteiger charge is 2.52. The Kier molecular flexibility index (Phi) is 4.76. The molecule has 3 aliphatic heterocycles. The smallest absolute Gasteiger partial charge is 0.249 e. The second-order valence-corrected chi connectivity index (χ2v) is 9.64. The lowest BCUT2D eigenvalue weighted by Crippen LogP contribution is -2.57. The third kappa shape index (κ3) is 3.12. The van der Waals surface area contributed by atoms with Crippen LogP contribution in [0.15, 0.2) is 70.1 Å². The Balaban J connectivity index is 1.40. The molecule has 0 aromatic heterocycles. The summed E-state index contributed by atoms with van der Waals surface area (Å²) in [5, 5.41) is 10.2. The SMILES string of the molecule is CN(C)c1ccc(C2SC=C3SC(N4C(=O)C(Cl)C4c4ccccc4)=NN32)cc1. The van der Waals surface area contributed by atoms with Crippen molar-refractivity contribution in [2.75, 3.05) is 19.0 Å². The summed E-state index contributed by atoms with van der Waals surface area (Å²) in [5.41, 5.74) is 3.37. The number of hydrazone groups is 1. The van der Waals surface area contributed by atoms with Crippen molar-refractivity contribution < 1.29 is 4.79 Å². The number of carbonyl (C=O) groups excluding carboxylic acids is 1. The van der Waals surface area contributed by atoms with Crippen LogP contribution in [-0.4, -0.2) is 40.5 Å². The van der Waals surface area contributed by atoms with Gasteiger partial charge in [-0.25, -0.2) is 5.01 Å². The summed E-state index contributed by atoms with van der Waals surface area (Å²) in [6, 6.07) is 18.2. The fourth-order valence-electron chi connectivity index (χ4n) is 3.62. The maximum Gasteiger partial charge on any atom is 0.249 e. The van der Waals surface area contributed by atoms with Crippen LogP contribution >= 0.6 is 35.1 Å². The Bertz CT molecular complexity index is 1010. The average molecular weight is 443 g/mol. The average Bonchev–Trinajstić information content (AvgIpc) is 3.32. The molecule has 8 heteroatoms. The number of amidine groups is 1. The van der Waals surface area contributed by atoms with E-state index in [4.69, 9.17) is 16.7 Å².